The Labute approximate surface area is 127 Å². The maximum absolute atomic E-state index is 7.50. The molecule has 0 rings (SSSR count). The molecule has 0 aromatic heterocycles. The second-order valence-electron chi connectivity index (χ2n) is 1.77. The fraction of sp³-hybridized carbons (Fsp3) is 0.385. The van der Waals surface area contributed by atoms with E-state index in [-0.39, 0.29) is 0 Å². The van der Waals surface area contributed by atoms with Gasteiger partial charge in [0.25, 0.3) is 0 Å². The Morgan fingerprint density at radius 2 is 1.25 bits per heavy atom. The van der Waals surface area contributed by atoms with Crippen molar-refractivity contribution in [1.29, 1.82) is 0 Å². The molecule has 0 atom stereocenters. The topological polar surface area (TPSA) is 109 Å². The standard InChI is InChI=1S/C8H12O.5CO.Cr/c1-3-5-6-7-8-9-4-2;5*1-2;/h3-5H2,1-2H3;;;;;;. The van der Waals surface area contributed by atoms with Crippen LogP contribution in [0.1, 0.15) is 26.7 Å². The van der Waals surface area contributed by atoms with Gasteiger partial charge in [-0.3, -0.25) is 0 Å². The molecule has 0 radical (unpaired) electrons. The Kier molecular flexibility index (Phi) is 152. The van der Waals surface area contributed by atoms with Gasteiger partial charge in [-0.05, 0) is 0 Å². The summed E-state index contributed by atoms with van der Waals surface area (Å²) in [6.07, 6.45) is 2.05. The van der Waals surface area contributed by atoms with Crippen molar-refractivity contribution >= 4 is 4.57 Å². The summed E-state index contributed by atoms with van der Waals surface area (Å²) in [5.41, 5.74) is 0. The zero-order valence-electron chi connectivity index (χ0n) is 11.0. The van der Waals surface area contributed by atoms with Crippen LogP contribution in [0.25, 0.3) is 0 Å². The van der Waals surface area contributed by atoms with Gasteiger partial charge in [-0.15, -0.1) is 0 Å². The Morgan fingerprint density at radius 1 is 0.900 bits per heavy atom. The van der Waals surface area contributed by atoms with Crippen molar-refractivity contribution in [3.05, 3.63) is 33.3 Å². The first-order chi connectivity index (χ1) is 9.81. The zero-order chi connectivity index (χ0) is 17.8. The fourth-order valence-corrected chi connectivity index (χ4v) is 0.724. The van der Waals surface area contributed by atoms with Gasteiger partial charge in [-0.2, -0.15) is 0 Å². The van der Waals surface area contributed by atoms with Crippen molar-refractivity contribution in [3.8, 4) is 11.8 Å². The molecule has 0 fully saturated rings. The minimum absolute atomic E-state index is 0.684. The third-order valence-electron chi connectivity index (χ3n) is 0.841. The first kappa shape index (κ1) is 36.3. The molecule has 0 aliphatic rings. The molecule has 0 bridgehead atoms. The summed E-state index contributed by atoms with van der Waals surface area (Å²) in [4.78, 5) is 0. The van der Waals surface area contributed by atoms with E-state index in [1.807, 2.05) is 6.92 Å². The van der Waals surface area contributed by atoms with Crippen molar-refractivity contribution in [2.45, 2.75) is 26.7 Å². The minimum atomic E-state index is 0.684. The van der Waals surface area contributed by atoms with Crippen LogP contribution in [-0.2, 0) is 43.8 Å². The molecule has 7 heteroatoms. The van der Waals surface area contributed by atoms with E-state index in [1.54, 1.807) is 0 Å². The Balaban J connectivity index is -0.0000000412. The first-order valence-electron chi connectivity index (χ1n) is 4.49. The summed E-state index contributed by atoms with van der Waals surface area (Å²) >= 11 is 2.76. The third-order valence-corrected chi connectivity index (χ3v) is 1.18. The van der Waals surface area contributed by atoms with Gasteiger partial charge in [0.05, 0.1) is 0 Å². The Hall–Kier alpha value is -1.38. The maximum atomic E-state index is 7.50. The van der Waals surface area contributed by atoms with Crippen LogP contribution in [-0.4, -0.2) is 11.2 Å². The zero-order valence-corrected chi connectivity index (χ0v) is 12.3. The quantitative estimate of drug-likeness (QED) is 0.437. The molecule has 6 nitrogen and oxygen atoms in total. The van der Waals surface area contributed by atoms with Crippen LogP contribution in [0, 0.1) is 45.1 Å². The van der Waals surface area contributed by atoms with Crippen molar-refractivity contribution in [2.75, 3.05) is 6.61 Å². The van der Waals surface area contributed by atoms with Crippen LogP contribution >= 0.6 is 0 Å². The summed E-state index contributed by atoms with van der Waals surface area (Å²) in [7, 11) is 0. The normalized spacial score (nSPS) is 4.60. The molecule has 0 aromatic carbocycles. The molecule has 0 aromatic rings. The molecule has 106 valence electrons. The van der Waals surface area contributed by atoms with Crippen molar-refractivity contribution < 1.29 is 43.8 Å². The van der Waals surface area contributed by atoms with E-state index in [9.17, 15) is 0 Å². The van der Waals surface area contributed by atoms with Gasteiger partial charge in [-0.25, -0.2) is 0 Å². The molecule has 0 amide bonds. The second kappa shape index (κ2) is 83.8. The van der Waals surface area contributed by atoms with Crippen LogP contribution in [0.4, 0.5) is 0 Å². The monoisotopic (exact) mass is 316 g/mol. The molecule has 0 unspecified atom stereocenters. The molecule has 0 aliphatic carbocycles. The van der Waals surface area contributed by atoms with Crippen LogP contribution in [0.3, 0.4) is 0 Å². The van der Waals surface area contributed by atoms with E-state index in [1.165, 1.54) is 0 Å². The van der Waals surface area contributed by atoms with E-state index >= 15 is 0 Å². The molecular weight excluding hydrogens is 304 g/mol. The molecule has 0 saturated heterocycles. The van der Waals surface area contributed by atoms with E-state index in [2.05, 4.69) is 67.9 Å². The van der Waals surface area contributed by atoms with Gasteiger partial charge in [0.2, 0.25) is 0 Å². The molecule has 0 heterocycles. The fourth-order valence-electron chi connectivity index (χ4n) is 0.427. The van der Waals surface area contributed by atoms with Gasteiger partial charge in [0, 0.05) is 0 Å². The van der Waals surface area contributed by atoms with Gasteiger partial charge in [-0.1, -0.05) is 0 Å². The van der Waals surface area contributed by atoms with Crippen LogP contribution in [0.5, 0.6) is 0 Å². The third kappa shape index (κ3) is 92.5. The summed E-state index contributed by atoms with van der Waals surface area (Å²) in [6.45, 7) is 27.2. The number of rotatable bonds is 3. The molecule has 0 spiro atoms. The predicted octanol–water partition coefficient (Wildman–Crippen LogP) is 1.32. The molecule has 0 saturated carbocycles. The predicted molar refractivity (Wildman–Crippen MR) is 59.0 cm³/mol. The van der Waals surface area contributed by atoms with Crippen LogP contribution in [0.2, 0.25) is 0 Å². The van der Waals surface area contributed by atoms with E-state index in [0.717, 1.165) is 12.8 Å². The summed E-state index contributed by atoms with van der Waals surface area (Å²) < 4.78 is 43.3. The van der Waals surface area contributed by atoms with Gasteiger partial charge >= 0.3 is 127 Å². The van der Waals surface area contributed by atoms with Gasteiger partial charge in [0.1, 0.15) is 0 Å². The molecular formula is C13H12CrO6. The van der Waals surface area contributed by atoms with E-state index in [0.29, 0.717) is 11.2 Å². The van der Waals surface area contributed by atoms with Crippen molar-refractivity contribution in [3.63, 3.8) is 0 Å². The van der Waals surface area contributed by atoms with Gasteiger partial charge < -0.3 is 0 Å². The molecule has 0 aliphatic heterocycles. The Morgan fingerprint density at radius 3 is 1.50 bits per heavy atom. The molecule has 20 heavy (non-hydrogen) atoms. The van der Waals surface area contributed by atoms with Gasteiger partial charge in [0.15, 0.2) is 0 Å². The second-order valence-corrected chi connectivity index (χ2v) is 2.35. The summed E-state index contributed by atoms with van der Waals surface area (Å²) in [5.74, 6) is 5.85. The number of hydrogen-bond acceptors (Lipinski definition) is 1. The van der Waals surface area contributed by atoms with E-state index in [4.69, 9.17) is 28.0 Å². The average molecular weight is 316 g/mol. The Bertz CT molecular complexity index is 292. The first-order valence-corrected chi connectivity index (χ1v) is 5.12. The summed E-state index contributed by atoms with van der Waals surface area (Å²) in [6, 6.07) is 0. The SMILES string of the molecule is CCCC#C[C](=[Cr])OCC.[C-]#[O+].[C-]#[O+].[C-]#[O+].[C-]#[O+].[C-]#[O+]. The van der Waals surface area contributed by atoms with E-state index < -0.39 is 0 Å². The number of unbranched alkanes of at least 4 members (excludes halogenated alkanes) is 1. The number of ether oxygens (including phenoxy) is 1. The van der Waals surface area contributed by atoms with Crippen molar-refractivity contribution in [1.82, 2.24) is 0 Å². The van der Waals surface area contributed by atoms with Crippen molar-refractivity contribution in [2.24, 2.45) is 0 Å². The molecule has 0 N–H and O–H groups in total. The summed E-state index contributed by atoms with van der Waals surface area (Å²) in [5, 5.41) is 0. The van der Waals surface area contributed by atoms with Crippen LogP contribution in [0.15, 0.2) is 0 Å². The average Bonchev–Trinajstić information content (AvgIpc) is 2.57. The van der Waals surface area contributed by atoms with Crippen LogP contribution < -0.4 is 0 Å². The number of hydrogen-bond donors (Lipinski definition) is 0.